The van der Waals surface area contributed by atoms with E-state index in [4.69, 9.17) is 5.73 Å². The molecule has 1 atom stereocenters. The van der Waals surface area contributed by atoms with Crippen molar-refractivity contribution >= 4 is 5.91 Å². The lowest BCUT2D eigenvalue weighted by Gasteiger charge is -2.14. The Labute approximate surface area is 105 Å². The molecule has 0 saturated heterocycles. The highest BCUT2D eigenvalue weighted by Gasteiger charge is 2.18. The third-order valence-corrected chi connectivity index (χ3v) is 2.88. The maximum Gasteiger partial charge on any atom is 0.225 e. The van der Waals surface area contributed by atoms with Crippen molar-refractivity contribution in [3.63, 3.8) is 0 Å². The molecule has 2 nitrogen and oxygen atoms in total. The molecule has 18 heavy (non-hydrogen) atoms. The minimum absolute atomic E-state index is 0.355. The molecule has 0 fully saturated rings. The average molecular weight is 243 g/mol. The number of hydrogen-bond donors (Lipinski definition) is 1. The molecule has 0 heterocycles. The van der Waals surface area contributed by atoms with Gasteiger partial charge in [-0.25, -0.2) is 4.39 Å². The molecule has 92 valence electrons. The van der Waals surface area contributed by atoms with E-state index in [2.05, 4.69) is 0 Å². The summed E-state index contributed by atoms with van der Waals surface area (Å²) in [6, 6.07) is 15.6. The molecular formula is C15H14FNO. The molecule has 2 rings (SSSR count). The van der Waals surface area contributed by atoms with E-state index in [0.717, 1.165) is 5.56 Å². The fourth-order valence-electron chi connectivity index (χ4n) is 1.96. The van der Waals surface area contributed by atoms with Crippen molar-refractivity contribution in [2.24, 2.45) is 5.73 Å². The predicted molar refractivity (Wildman–Crippen MR) is 68.5 cm³/mol. The van der Waals surface area contributed by atoms with Crippen molar-refractivity contribution in [2.45, 2.75) is 12.3 Å². The molecule has 0 spiro atoms. The lowest BCUT2D eigenvalue weighted by Crippen LogP contribution is -2.23. The van der Waals surface area contributed by atoms with Gasteiger partial charge in [0, 0.05) is 0 Å². The first-order valence-electron chi connectivity index (χ1n) is 5.75. The zero-order valence-electron chi connectivity index (χ0n) is 9.84. The van der Waals surface area contributed by atoms with Gasteiger partial charge in [0.05, 0.1) is 5.92 Å². The SMILES string of the molecule is NC(=O)C(Cc1ccccc1)c1cccc(F)c1. The Kier molecular flexibility index (Phi) is 3.72. The summed E-state index contributed by atoms with van der Waals surface area (Å²) in [6.45, 7) is 0. The second-order valence-corrected chi connectivity index (χ2v) is 4.20. The molecule has 1 unspecified atom stereocenters. The summed E-state index contributed by atoms with van der Waals surface area (Å²) in [7, 11) is 0. The smallest absolute Gasteiger partial charge is 0.225 e. The summed E-state index contributed by atoms with van der Waals surface area (Å²) in [5, 5.41) is 0. The Morgan fingerprint density at radius 1 is 1.11 bits per heavy atom. The standard InChI is InChI=1S/C15H14FNO/c16-13-8-4-7-12(10-13)14(15(17)18)9-11-5-2-1-3-6-11/h1-8,10,14H,9H2,(H2,17,18). The highest BCUT2D eigenvalue weighted by Crippen LogP contribution is 2.21. The number of halogens is 1. The number of benzene rings is 2. The van der Waals surface area contributed by atoms with E-state index in [9.17, 15) is 9.18 Å². The molecule has 0 bridgehead atoms. The van der Waals surface area contributed by atoms with Crippen LogP contribution in [0.15, 0.2) is 54.6 Å². The van der Waals surface area contributed by atoms with E-state index in [1.165, 1.54) is 12.1 Å². The third kappa shape index (κ3) is 2.94. The lowest BCUT2D eigenvalue weighted by molar-refractivity contribution is -0.119. The van der Waals surface area contributed by atoms with Gasteiger partial charge >= 0.3 is 0 Å². The van der Waals surface area contributed by atoms with Crippen LogP contribution in [0.5, 0.6) is 0 Å². The van der Waals surface area contributed by atoms with Crippen LogP contribution >= 0.6 is 0 Å². The fourth-order valence-corrected chi connectivity index (χ4v) is 1.96. The number of nitrogens with two attached hydrogens (primary N) is 1. The number of primary amides is 1. The Bertz CT molecular complexity index is 539. The van der Waals surface area contributed by atoms with Gasteiger partial charge in [-0.2, -0.15) is 0 Å². The van der Waals surface area contributed by atoms with E-state index < -0.39 is 11.8 Å². The predicted octanol–water partition coefficient (Wildman–Crippen LogP) is 2.64. The van der Waals surface area contributed by atoms with Gasteiger partial charge < -0.3 is 5.73 Å². The highest BCUT2D eigenvalue weighted by molar-refractivity contribution is 5.82. The Hall–Kier alpha value is -2.16. The molecule has 0 aliphatic rings. The number of amides is 1. The summed E-state index contributed by atoms with van der Waals surface area (Å²) in [6.07, 6.45) is 0.486. The molecular weight excluding hydrogens is 229 g/mol. The van der Waals surface area contributed by atoms with Crippen LogP contribution in [0.1, 0.15) is 17.0 Å². The van der Waals surface area contributed by atoms with Crippen molar-refractivity contribution in [2.75, 3.05) is 0 Å². The van der Waals surface area contributed by atoms with Crippen LogP contribution in [0.4, 0.5) is 4.39 Å². The third-order valence-electron chi connectivity index (χ3n) is 2.88. The van der Waals surface area contributed by atoms with Gasteiger partial charge in [-0.05, 0) is 29.7 Å². The number of carbonyl (C=O) groups excluding carboxylic acids is 1. The first-order valence-corrected chi connectivity index (χ1v) is 5.75. The second kappa shape index (κ2) is 5.45. The minimum atomic E-state index is -0.497. The van der Waals surface area contributed by atoms with Gasteiger partial charge in [-0.3, -0.25) is 4.79 Å². The van der Waals surface area contributed by atoms with Crippen LogP contribution in [0.2, 0.25) is 0 Å². The number of rotatable bonds is 4. The van der Waals surface area contributed by atoms with Crippen molar-refractivity contribution in [3.05, 3.63) is 71.5 Å². The summed E-state index contributed by atoms with van der Waals surface area (Å²) < 4.78 is 13.2. The second-order valence-electron chi connectivity index (χ2n) is 4.20. The van der Waals surface area contributed by atoms with Gasteiger partial charge in [0.15, 0.2) is 0 Å². The zero-order chi connectivity index (χ0) is 13.0. The van der Waals surface area contributed by atoms with Crippen LogP contribution in [-0.2, 0) is 11.2 Å². The minimum Gasteiger partial charge on any atom is -0.369 e. The molecule has 0 aromatic heterocycles. The van der Waals surface area contributed by atoms with E-state index in [-0.39, 0.29) is 5.82 Å². The van der Waals surface area contributed by atoms with E-state index in [0.29, 0.717) is 12.0 Å². The molecule has 0 radical (unpaired) electrons. The fraction of sp³-hybridized carbons (Fsp3) is 0.133. The molecule has 0 saturated carbocycles. The van der Waals surface area contributed by atoms with Crippen molar-refractivity contribution in [1.29, 1.82) is 0 Å². The Morgan fingerprint density at radius 2 is 1.83 bits per heavy atom. The summed E-state index contributed by atoms with van der Waals surface area (Å²) in [5.74, 6) is -1.29. The van der Waals surface area contributed by atoms with E-state index in [1.807, 2.05) is 30.3 Å². The summed E-state index contributed by atoms with van der Waals surface area (Å²) >= 11 is 0. The first kappa shape index (κ1) is 12.3. The lowest BCUT2D eigenvalue weighted by atomic mass is 9.91. The highest BCUT2D eigenvalue weighted by atomic mass is 19.1. The molecule has 2 aromatic carbocycles. The first-order chi connectivity index (χ1) is 8.66. The maximum atomic E-state index is 13.2. The molecule has 2 aromatic rings. The maximum absolute atomic E-state index is 13.2. The van der Waals surface area contributed by atoms with Gasteiger partial charge in [0.2, 0.25) is 5.91 Å². The number of hydrogen-bond acceptors (Lipinski definition) is 1. The van der Waals surface area contributed by atoms with Crippen molar-refractivity contribution in [3.8, 4) is 0 Å². The van der Waals surface area contributed by atoms with Gasteiger partial charge in [-0.15, -0.1) is 0 Å². The Morgan fingerprint density at radius 3 is 2.44 bits per heavy atom. The van der Waals surface area contributed by atoms with Gasteiger partial charge in [0.25, 0.3) is 0 Å². The normalized spacial score (nSPS) is 12.1. The van der Waals surface area contributed by atoms with E-state index >= 15 is 0 Å². The molecule has 0 aliphatic heterocycles. The van der Waals surface area contributed by atoms with Crippen LogP contribution in [0.3, 0.4) is 0 Å². The van der Waals surface area contributed by atoms with Gasteiger partial charge in [0.1, 0.15) is 5.82 Å². The van der Waals surface area contributed by atoms with Crippen LogP contribution in [0.25, 0.3) is 0 Å². The summed E-state index contributed by atoms with van der Waals surface area (Å²) in [5.41, 5.74) is 7.03. The largest absolute Gasteiger partial charge is 0.369 e. The molecule has 1 amide bonds. The van der Waals surface area contributed by atoms with E-state index in [1.54, 1.807) is 12.1 Å². The quantitative estimate of drug-likeness (QED) is 0.881. The van der Waals surface area contributed by atoms with Crippen LogP contribution in [0, 0.1) is 5.82 Å². The van der Waals surface area contributed by atoms with Crippen LogP contribution < -0.4 is 5.73 Å². The van der Waals surface area contributed by atoms with Crippen molar-refractivity contribution in [1.82, 2.24) is 0 Å². The topological polar surface area (TPSA) is 43.1 Å². The zero-order valence-corrected chi connectivity index (χ0v) is 9.84. The monoisotopic (exact) mass is 243 g/mol. The molecule has 3 heteroatoms. The Balaban J connectivity index is 2.27. The molecule has 0 aliphatic carbocycles. The van der Waals surface area contributed by atoms with Crippen LogP contribution in [-0.4, -0.2) is 5.91 Å². The number of carbonyl (C=O) groups is 1. The van der Waals surface area contributed by atoms with Crippen molar-refractivity contribution < 1.29 is 9.18 Å². The molecule has 2 N–H and O–H groups in total. The van der Waals surface area contributed by atoms with Gasteiger partial charge in [-0.1, -0.05) is 42.5 Å². The average Bonchev–Trinajstić information content (AvgIpc) is 2.37. The summed E-state index contributed by atoms with van der Waals surface area (Å²) in [4.78, 5) is 11.5.